The highest BCUT2D eigenvalue weighted by Gasteiger charge is 2.30. The molecule has 130 valence electrons. The van der Waals surface area contributed by atoms with Gasteiger partial charge in [0.1, 0.15) is 6.10 Å². The van der Waals surface area contributed by atoms with Crippen molar-refractivity contribution in [1.82, 2.24) is 0 Å². The van der Waals surface area contributed by atoms with Gasteiger partial charge in [-0.25, -0.2) is 0 Å². The molecule has 2 heteroatoms. The first kappa shape index (κ1) is 19.7. The minimum Gasteiger partial charge on any atom is -0.347 e. The number of hydrogen-bond donors (Lipinski definition) is 0. The first-order chi connectivity index (χ1) is 10.6. The third kappa shape index (κ3) is 10.4. The Labute approximate surface area is 138 Å². The van der Waals surface area contributed by atoms with Crippen molar-refractivity contribution in [2.75, 3.05) is 6.61 Å². The second kappa shape index (κ2) is 12.1. The molecule has 0 bridgehead atoms. The van der Waals surface area contributed by atoms with E-state index in [0.717, 1.165) is 0 Å². The van der Waals surface area contributed by atoms with Crippen LogP contribution >= 0.6 is 0 Å². The fraction of sp³-hybridized carbons (Fsp3) is 0.900. The maximum absolute atomic E-state index is 5.75. The topological polar surface area (TPSA) is 18.5 Å². The Bertz CT molecular complexity index is 283. The lowest BCUT2D eigenvalue weighted by atomic mass is 10.1. The molecule has 0 amide bonds. The van der Waals surface area contributed by atoms with Crippen LogP contribution in [0.4, 0.5) is 0 Å². The summed E-state index contributed by atoms with van der Waals surface area (Å²) in [5.74, 6) is -0.397. The molecule has 0 aromatic rings. The van der Waals surface area contributed by atoms with Gasteiger partial charge in [0.05, 0.1) is 6.61 Å². The Morgan fingerprint density at radius 1 is 0.864 bits per heavy atom. The van der Waals surface area contributed by atoms with Gasteiger partial charge >= 0.3 is 0 Å². The third-order valence-electron chi connectivity index (χ3n) is 4.36. The van der Waals surface area contributed by atoms with E-state index in [-0.39, 0.29) is 6.10 Å². The van der Waals surface area contributed by atoms with Crippen LogP contribution in [-0.4, -0.2) is 18.5 Å². The zero-order valence-corrected chi connectivity index (χ0v) is 15.2. The molecular weight excluding hydrogens is 272 g/mol. The fourth-order valence-electron chi connectivity index (χ4n) is 2.98. The number of unbranched alkanes of at least 4 members (excludes halogenated alkanes) is 11. The van der Waals surface area contributed by atoms with E-state index in [2.05, 4.69) is 19.1 Å². The summed E-state index contributed by atoms with van der Waals surface area (Å²) in [5.41, 5.74) is 0. The van der Waals surface area contributed by atoms with Crippen molar-refractivity contribution in [3.05, 3.63) is 12.2 Å². The number of hydrogen-bond acceptors (Lipinski definition) is 2. The third-order valence-corrected chi connectivity index (χ3v) is 4.36. The Kier molecular flexibility index (Phi) is 10.9. The van der Waals surface area contributed by atoms with E-state index in [1.54, 1.807) is 0 Å². The van der Waals surface area contributed by atoms with Crippen LogP contribution in [-0.2, 0) is 9.47 Å². The van der Waals surface area contributed by atoms with Gasteiger partial charge in [-0.1, -0.05) is 83.3 Å². The average Bonchev–Trinajstić information content (AvgIpc) is 2.83. The molecule has 1 saturated heterocycles. The number of rotatable bonds is 13. The minimum absolute atomic E-state index is 0.155. The summed E-state index contributed by atoms with van der Waals surface area (Å²) in [6.07, 6.45) is 21.3. The van der Waals surface area contributed by atoms with Crippen LogP contribution in [0.3, 0.4) is 0 Å². The lowest BCUT2D eigenvalue weighted by molar-refractivity contribution is -0.133. The van der Waals surface area contributed by atoms with Crippen molar-refractivity contribution in [2.45, 2.75) is 110 Å². The minimum atomic E-state index is -0.397. The number of allylic oxidation sites excluding steroid dienone is 1. The molecule has 1 atom stereocenters. The van der Waals surface area contributed by atoms with Gasteiger partial charge < -0.3 is 9.47 Å². The molecular formula is C20H38O2. The predicted octanol–water partition coefficient (Wildman–Crippen LogP) is 6.40. The maximum Gasteiger partial charge on any atom is 0.163 e. The second-order valence-corrected chi connectivity index (χ2v) is 7.12. The second-order valence-electron chi connectivity index (χ2n) is 7.12. The van der Waals surface area contributed by atoms with Gasteiger partial charge in [0.2, 0.25) is 0 Å². The van der Waals surface area contributed by atoms with Gasteiger partial charge in [0.15, 0.2) is 5.79 Å². The van der Waals surface area contributed by atoms with E-state index in [9.17, 15) is 0 Å². The van der Waals surface area contributed by atoms with E-state index in [1.165, 1.54) is 77.0 Å². The summed E-state index contributed by atoms with van der Waals surface area (Å²) >= 11 is 0. The van der Waals surface area contributed by atoms with Crippen LogP contribution in [0, 0.1) is 0 Å². The van der Waals surface area contributed by atoms with Crippen LogP contribution in [0.5, 0.6) is 0 Å². The van der Waals surface area contributed by atoms with E-state index in [1.807, 2.05) is 13.8 Å². The van der Waals surface area contributed by atoms with Gasteiger partial charge in [-0.15, -0.1) is 0 Å². The van der Waals surface area contributed by atoms with E-state index in [0.29, 0.717) is 6.61 Å². The molecule has 0 aromatic heterocycles. The first-order valence-electron chi connectivity index (χ1n) is 9.62. The summed E-state index contributed by atoms with van der Waals surface area (Å²) in [6, 6.07) is 0. The summed E-state index contributed by atoms with van der Waals surface area (Å²) in [4.78, 5) is 0. The first-order valence-corrected chi connectivity index (χ1v) is 9.62. The number of ether oxygens (including phenoxy) is 2. The Morgan fingerprint density at radius 2 is 1.41 bits per heavy atom. The lowest BCUT2D eigenvalue weighted by Gasteiger charge is -2.15. The van der Waals surface area contributed by atoms with Gasteiger partial charge in [0, 0.05) is 0 Å². The highest BCUT2D eigenvalue weighted by Crippen LogP contribution is 2.23. The van der Waals surface area contributed by atoms with E-state index in [4.69, 9.17) is 9.47 Å². The molecule has 1 aliphatic rings. The molecule has 0 unspecified atom stereocenters. The summed E-state index contributed by atoms with van der Waals surface area (Å²) in [6.45, 7) is 6.93. The average molecular weight is 311 g/mol. The SMILES string of the molecule is CCCCCCCCCCCCC/C=C\[C@@H]1COC(C)(C)O1. The van der Waals surface area contributed by atoms with Crippen molar-refractivity contribution in [3.8, 4) is 0 Å². The maximum atomic E-state index is 5.75. The quantitative estimate of drug-likeness (QED) is 0.289. The molecule has 1 rings (SSSR count). The molecule has 1 heterocycles. The van der Waals surface area contributed by atoms with Gasteiger partial charge in [0.25, 0.3) is 0 Å². The van der Waals surface area contributed by atoms with E-state index >= 15 is 0 Å². The molecule has 1 fully saturated rings. The molecule has 0 aliphatic carbocycles. The molecule has 0 spiro atoms. The molecule has 1 aliphatic heterocycles. The standard InChI is InChI=1S/C20H38O2/c1-4-5-6-7-8-9-10-11-12-13-14-15-16-17-19-18-21-20(2,3)22-19/h16-17,19H,4-15,18H2,1-3H3/b17-16-/t19-/m1/s1. The summed E-state index contributed by atoms with van der Waals surface area (Å²) in [7, 11) is 0. The Balaban J connectivity index is 1.80. The van der Waals surface area contributed by atoms with Crippen LogP contribution in [0.1, 0.15) is 97.8 Å². The Hall–Kier alpha value is -0.340. The highest BCUT2D eigenvalue weighted by molar-refractivity contribution is 4.92. The lowest BCUT2D eigenvalue weighted by Crippen LogP contribution is -2.20. The van der Waals surface area contributed by atoms with Crippen molar-refractivity contribution in [3.63, 3.8) is 0 Å². The molecule has 0 saturated carbocycles. The summed E-state index contributed by atoms with van der Waals surface area (Å²) in [5, 5.41) is 0. The zero-order chi connectivity index (χ0) is 16.1. The van der Waals surface area contributed by atoms with Gasteiger partial charge in [-0.3, -0.25) is 0 Å². The highest BCUT2D eigenvalue weighted by atomic mass is 16.7. The van der Waals surface area contributed by atoms with Crippen LogP contribution in [0.25, 0.3) is 0 Å². The molecule has 0 aromatic carbocycles. The van der Waals surface area contributed by atoms with Crippen molar-refractivity contribution in [1.29, 1.82) is 0 Å². The fourth-order valence-corrected chi connectivity index (χ4v) is 2.98. The summed E-state index contributed by atoms with van der Waals surface area (Å²) < 4.78 is 11.3. The zero-order valence-electron chi connectivity index (χ0n) is 15.2. The largest absolute Gasteiger partial charge is 0.347 e. The molecule has 2 nitrogen and oxygen atoms in total. The van der Waals surface area contributed by atoms with Gasteiger partial charge in [-0.05, 0) is 26.7 Å². The molecule has 22 heavy (non-hydrogen) atoms. The van der Waals surface area contributed by atoms with Crippen LogP contribution < -0.4 is 0 Å². The molecule has 0 N–H and O–H groups in total. The van der Waals surface area contributed by atoms with Crippen molar-refractivity contribution >= 4 is 0 Å². The predicted molar refractivity (Wildman–Crippen MR) is 95.1 cm³/mol. The normalized spacial score (nSPS) is 21.0. The van der Waals surface area contributed by atoms with Crippen molar-refractivity contribution < 1.29 is 9.47 Å². The Morgan fingerprint density at radius 3 is 1.91 bits per heavy atom. The molecule has 0 radical (unpaired) electrons. The van der Waals surface area contributed by atoms with Crippen molar-refractivity contribution in [2.24, 2.45) is 0 Å². The van der Waals surface area contributed by atoms with Gasteiger partial charge in [-0.2, -0.15) is 0 Å². The van der Waals surface area contributed by atoms with Crippen LogP contribution in [0.15, 0.2) is 12.2 Å². The van der Waals surface area contributed by atoms with Crippen LogP contribution in [0.2, 0.25) is 0 Å². The van der Waals surface area contributed by atoms with E-state index < -0.39 is 5.79 Å². The smallest absolute Gasteiger partial charge is 0.163 e. The monoisotopic (exact) mass is 310 g/mol.